The van der Waals surface area contributed by atoms with Crippen molar-refractivity contribution in [3.05, 3.63) is 28.2 Å². The summed E-state index contributed by atoms with van der Waals surface area (Å²) in [7, 11) is 1.67. The van der Waals surface area contributed by atoms with Gasteiger partial charge >= 0.3 is 0 Å². The van der Waals surface area contributed by atoms with Gasteiger partial charge in [-0.3, -0.25) is 0 Å². The molecule has 0 fully saturated rings. The summed E-state index contributed by atoms with van der Waals surface area (Å²) in [4.78, 5) is 0. The van der Waals surface area contributed by atoms with E-state index in [2.05, 4.69) is 46.4 Å². The van der Waals surface area contributed by atoms with Crippen LogP contribution < -0.4 is 5.32 Å². The van der Waals surface area contributed by atoms with Gasteiger partial charge in [0.1, 0.15) is 0 Å². The molecule has 1 aromatic carbocycles. The molecule has 0 atom stereocenters. The van der Waals surface area contributed by atoms with E-state index in [9.17, 15) is 0 Å². The van der Waals surface area contributed by atoms with Crippen LogP contribution in [0.5, 0.6) is 0 Å². The quantitative estimate of drug-likeness (QED) is 0.783. The lowest BCUT2D eigenvalue weighted by Gasteiger charge is -2.08. The van der Waals surface area contributed by atoms with Crippen molar-refractivity contribution in [1.82, 2.24) is 0 Å². The van der Waals surface area contributed by atoms with E-state index < -0.39 is 0 Å². The maximum atomic E-state index is 5.35. The van der Waals surface area contributed by atoms with E-state index in [0.29, 0.717) is 19.8 Å². The minimum Gasteiger partial charge on any atom is -0.383 e. The van der Waals surface area contributed by atoms with Crippen LogP contribution in [-0.4, -0.2) is 33.5 Å². The number of anilines is 1. The summed E-state index contributed by atoms with van der Waals surface area (Å²) in [5.74, 6) is 0. The van der Waals surface area contributed by atoms with Gasteiger partial charge in [-0.05, 0) is 24.6 Å². The second-order valence-corrected chi connectivity index (χ2v) is 4.35. The zero-order valence-electron chi connectivity index (χ0n) is 9.75. The largest absolute Gasteiger partial charge is 0.383 e. The van der Waals surface area contributed by atoms with E-state index in [4.69, 9.17) is 9.47 Å². The molecule has 0 aliphatic heterocycles. The van der Waals surface area contributed by atoms with E-state index in [1.807, 2.05) is 0 Å². The molecule has 0 unspecified atom stereocenters. The van der Waals surface area contributed by atoms with E-state index in [0.717, 1.165) is 16.7 Å². The van der Waals surface area contributed by atoms with Crippen LogP contribution >= 0.6 is 15.9 Å². The summed E-state index contributed by atoms with van der Waals surface area (Å²) in [5, 5.41) is 3.29. The fourth-order valence-electron chi connectivity index (χ4n) is 1.21. The summed E-state index contributed by atoms with van der Waals surface area (Å²) >= 11 is 3.50. The number of halogens is 1. The van der Waals surface area contributed by atoms with E-state index in [1.54, 1.807) is 7.11 Å². The molecular formula is C12H18BrNO2. The number of hydrogen-bond acceptors (Lipinski definition) is 3. The third-order valence-corrected chi connectivity index (χ3v) is 3.03. The Balaban J connectivity index is 2.19. The molecule has 0 saturated carbocycles. The Labute approximate surface area is 105 Å². The number of hydrogen-bond donors (Lipinski definition) is 1. The van der Waals surface area contributed by atoms with Crippen molar-refractivity contribution in [2.24, 2.45) is 0 Å². The molecular weight excluding hydrogens is 270 g/mol. The predicted octanol–water partition coefficient (Wildman–Crippen LogP) is 2.83. The van der Waals surface area contributed by atoms with Crippen LogP contribution in [0.3, 0.4) is 0 Å². The maximum absolute atomic E-state index is 5.35. The van der Waals surface area contributed by atoms with Crippen molar-refractivity contribution in [2.45, 2.75) is 6.92 Å². The molecule has 90 valence electrons. The SMILES string of the molecule is COCCOCCNc1ccc(C)c(Br)c1. The molecule has 0 heterocycles. The molecule has 0 spiro atoms. The van der Waals surface area contributed by atoms with Gasteiger partial charge in [-0.1, -0.05) is 22.0 Å². The average Bonchev–Trinajstić information content (AvgIpc) is 2.28. The molecule has 0 aliphatic carbocycles. The van der Waals surface area contributed by atoms with Crippen molar-refractivity contribution >= 4 is 21.6 Å². The van der Waals surface area contributed by atoms with Crippen molar-refractivity contribution in [3.8, 4) is 0 Å². The topological polar surface area (TPSA) is 30.5 Å². The first-order valence-corrected chi connectivity index (χ1v) is 6.10. The minimum absolute atomic E-state index is 0.649. The Bertz CT molecular complexity index is 318. The number of nitrogens with one attached hydrogen (secondary N) is 1. The van der Waals surface area contributed by atoms with E-state index in [1.165, 1.54) is 5.56 Å². The molecule has 1 N–H and O–H groups in total. The van der Waals surface area contributed by atoms with Gasteiger partial charge < -0.3 is 14.8 Å². The first-order valence-electron chi connectivity index (χ1n) is 5.30. The second-order valence-electron chi connectivity index (χ2n) is 3.50. The summed E-state index contributed by atoms with van der Waals surface area (Å²) in [6.07, 6.45) is 0. The lowest BCUT2D eigenvalue weighted by atomic mass is 10.2. The molecule has 4 heteroatoms. The van der Waals surface area contributed by atoms with Gasteiger partial charge in [0.05, 0.1) is 19.8 Å². The summed E-state index contributed by atoms with van der Waals surface area (Å²) in [6.45, 7) is 4.86. The van der Waals surface area contributed by atoms with Gasteiger partial charge in [0.25, 0.3) is 0 Å². The Morgan fingerprint density at radius 2 is 2.06 bits per heavy atom. The van der Waals surface area contributed by atoms with Crippen molar-refractivity contribution in [2.75, 3.05) is 38.8 Å². The fourth-order valence-corrected chi connectivity index (χ4v) is 1.59. The normalized spacial score (nSPS) is 10.4. The number of rotatable bonds is 7. The van der Waals surface area contributed by atoms with Gasteiger partial charge in [0.15, 0.2) is 0 Å². The molecule has 1 aromatic rings. The monoisotopic (exact) mass is 287 g/mol. The van der Waals surface area contributed by atoms with Crippen LogP contribution in [-0.2, 0) is 9.47 Å². The van der Waals surface area contributed by atoms with E-state index >= 15 is 0 Å². The number of methoxy groups -OCH3 is 1. The highest BCUT2D eigenvalue weighted by atomic mass is 79.9. The van der Waals surface area contributed by atoms with Crippen LogP contribution in [0, 0.1) is 6.92 Å². The van der Waals surface area contributed by atoms with Gasteiger partial charge in [-0.25, -0.2) is 0 Å². The lowest BCUT2D eigenvalue weighted by Crippen LogP contribution is -2.11. The Morgan fingerprint density at radius 3 is 2.75 bits per heavy atom. The standard InChI is InChI=1S/C12H18BrNO2/c1-10-3-4-11(9-12(10)13)14-5-6-16-8-7-15-2/h3-4,9,14H,5-8H2,1-2H3. The van der Waals surface area contributed by atoms with Gasteiger partial charge in [-0.2, -0.15) is 0 Å². The number of aryl methyl sites for hydroxylation is 1. The zero-order chi connectivity index (χ0) is 11.8. The number of benzene rings is 1. The van der Waals surface area contributed by atoms with Crippen molar-refractivity contribution < 1.29 is 9.47 Å². The van der Waals surface area contributed by atoms with Gasteiger partial charge in [0.2, 0.25) is 0 Å². The van der Waals surface area contributed by atoms with Crippen LogP contribution in [0.25, 0.3) is 0 Å². The second kappa shape index (κ2) is 7.65. The Morgan fingerprint density at radius 1 is 1.25 bits per heavy atom. The third kappa shape index (κ3) is 4.96. The zero-order valence-corrected chi connectivity index (χ0v) is 11.3. The third-order valence-electron chi connectivity index (χ3n) is 2.18. The Kier molecular flexibility index (Phi) is 6.45. The van der Waals surface area contributed by atoms with Crippen LogP contribution in [0.4, 0.5) is 5.69 Å². The summed E-state index contributed by atoms with van der Waals surface area (Å²) < 4.78 is 11.4. The lowest BCUT2D eigenvalue weighted by molar-refractivity contribution is 0.0759. The summed E-state index contributed by atoms with van der Waals surface area (Å²) in [5.41, 5.74) is 2.34. The molecule has 0 aromatic heterocycles. The molecule has 3 nitrogen and oxygen atoms in total. The smallest absolute Gasteiger partial charge is 0.0701 e. The van der Waals surface area contributed by atoms with Gasteiger partial charge in [0, 0.05) is 23.8 Å². The molecule has 1 rings (SSSR count). The molecule has 0 amide bonds. The predicted molar refractivity (Wildman–Crippen MR) is 70.1 cm³/mol. The molecule has 16 heavy (non-hydrogen) atoms. The van der Waals surface area contributed by atoms with Gasteiger partial charge in [-0.15, -0.1) is 0 Å². The minimum atomic E-state index is 0.649. The summed E-state index contributed by atoms with van der Waals surface area (Å²) in [6, 6.07) is 6.22. The highest BCUT2D eigenvalue weighted by molar-refractivity contribution is 9.10. The molecule has 0 radical (unpaired) electrons. The fraction of sp³-hybridized carbons (Fsp3) is 0.500. The first kappa shape index (κ1) is 13.5. The average molecular weight is 288 g/mol. The van der Waals surface area contributed by atoms with Crippen LogP contribution in [0.1, 0.15) is 5.56 Å². The van der Waals surface area contributed by atoms with Crippen molar-refractivity contribution in [1.29, 1.82) is 0 Å². The van der Waals surface area contributed by atoms with Crippen LogP contribution in [0.2, 0.25) is 0 Å². The molecule has 0 aliphatic rings. The van der Waals surface area contributed by atoms with E-state index in [-0.39, 0.29) is 0 Å². The van der Waals surface area contributed by atoms with Crippen molar-refractivity contribution in [3.63, 3.8) is 0 Å². The molecule has 0 bridgehead atoms. The number of ether oxygens (including phenoxy) is 2. The Hall–Kier alpha value is -0.580. The highest BCUT2D eigenvalue weighted by Gasteiger charge is 1.96. The highest BCUT2D eigenvalue weighted by Crippen LogP contribution is 2.20. The maximum Gasteiger partial charge on any atom is 0.0701 e. The van der Waals surface area contributed by atoms with Crippen LogP contribution in [0.15, 0.2) is 22.7 Å². The molecule has 0 saturated heterocycles. The first-order chi connectivity index (χ1) is 7.74.